The lowest BCUT2D eigenvalue weighted by atomic mass is 9.94. The first-order valence-corrected chi connectivity index (χ1v) is 17.4. The van der Waals surface area contributed by atoms with Crippen LogP contribution in [0.3, 0.4) is 0 Å². The van der Waals surface area contributed by atoms with Gasteiger partial charge in [-0.2, -0.15) is 0 Å². The van der Waals surface area contributed by atoms with Gasteiger partial charge in [-0.25, -0.2) is 9.97 Å². The van der Waals surface area contributed by atoms with Gasteiger partial charge in [0.2, 0.25) is 0 Å². The highest BCUT2D eigenvalue weighted by atomic mass is 16.5. The second-order valence-corrected chi connectivity index (χ2v) is 13.8. The van der Waals surface area contributed by atoms with Crippen molar-refractivity contribution in [1.29, 1.82) is 0 Å². The number of imidazole rings is 2. The van der Waals surface area contributed by atoms with Crippen molar-refractivity contribution in [2.75, 3.05) is 0 Å². The lowest BCUT2D eigenvalue weighted by Gasteiger charge is -2.15. The van der Waals surface area contributed by atoms with E-state index >= 15 is 0 Å². The number of hydrogen-bond donors (Lipinski definition) is 0. The van der Waals surface area contributed by atoms with Gasteiger partial charge < -0.3 is 4.74 Å². The molecule has 51 heavy (non-hydrogen) atoms. The number of ether oxygens (including phenoxy) is 1. The molecule has 244 valence electrons. The highest BCUT2D eigenvalue weighted by Gasteiger charge is 2.16. The van der Waals surface area contributed by atoms with Crippen LogP contribution in [-0.2, 0) is 0 Å². The minimum absolute atomic E-state index is 0.761. The van der Waals surface area contributed by atoms with Gasteiger partial charge in [0.1, 0.15) is 22.8 Å². The zero-order chi connectivity index (χ0) is 34.4. The van der Waals surface area contributed by atoms with Crippen LogP contribution in [0.25, 0.3) is 76.9 Å². The average Bonchev–Trinajstić information content (AvgIpc) is 3.83. The third-order valence-electron chi connectivity index (χ3n) is 10.5. The molecule has 0 saturated heterocycles. The summed E-state index contributed by atoms with van der Waals surface area (Å²) in [7, 11) is 0. The van der Waals surface area contributed by atoms with E-state index in [9.17, 15) is 0 Å². The first kappa shape index (κ1) is 29.5. The lowest BCUT2D eigenvalue weighted by Crippen LogP contribution is -1.94. The molecule has 4 aromatic heterocycles. The summed E-state index contributed by atoms with van der Waals surface area (Å²) in [4.78, 5) is 9.62. The molecule has 0 aliphatic rings. The Bertz CT molecular complexity index is 3040. The van der Waals surface area contributed by atoms with Gasteiger partial charge in [-0.15, -0.1) is 0 Å². The highest BCUT2D eigenvalue weighted by Crippen LogP contribution is 2.39. The van der Waals surface area contributed by atoms with E-state index in [-0.39, 0.29) is 0 Å². The summed E-state index contributed by atoms with van der Waals surface area (Å²) in [5.41, 5.74) is 14.1. The Morgan fingerprint density at radius 2 is 1.02 bits per heavy atom. The van der Waals surface area contributed by atoms with Gasteiger partial charge in [0, 0.05) is 46.3 Å². The Morgan fingerprint density at radius 1 is 0.471 bits per heavy atom. The first-order chi connectivity index (χ1) is 24.9. The maximum atomic E-state index is 6.60. The number of benzene rings is 6. The molecule has 0 aliphatic heterocycles. The standard InChI is InChI=1S/C46H34N4O/c1-27-8-13-35(30(4)22-27)31-9-14-38-36-16-11-33(25-40(36)45-47-18-20-49(45)42(38)23-31)51-34-12-17-37-39-15-10-32(44-28(2)6-5-7-29(44)3)24-43(39)50-21-19-48-46(50)41(37)26-34/h5-26H,1-4H3. The van der Waals surface area contributed by atoms with E-state index in [2.05, 4.69) is 146 Å². The van der Waals surface area contributed by atoms with Crippen LogP contribution in [0.5, 0.6) is 11.5 Å². The Labute approximate surface area is 295 Å². The summed E-state index contributed by atoms with van der Waals surface area (Å²) in [6.07, 6.45) is 7.85. The zero-order valence-corrected chi connectivity index (χ0v) is 28.9. The topological polar surface area (TPSA) is 43.8 Å². The Balaban J connectivity index is 1.07. The summed E-state index contributed by atoms with van der Waals surface area (Å²) >= 11 is 0. The van der Waals surface area contributed by atoms with Crippen molar-refractivity contribution >= 4 is 54.6 Å². The van der Waals surface area contributed by atoms with Gasteiger partial charge in [0.05, 0.1) is 11.0 Å². The van der Waals surface area contributed by atoms with Gasteiger partial charge in [0.25, 0.3) is 0 Å². The minimum atomic E-state index is 0.761. The fraction of sp³-hybridized carbons (Fsp3) is 0.0870. The second kappa shape index (κ2) is 11.0. The molecule has 0 N–H and O–H groups in total. The summed E-state index contributed by atoms with van der Waals surface area (Å²) in [6.45, 7) is 8.68. The van der Waals surface area contributed by atoms with Crippen molar-refractivity contribution < 1.29 is 4.74 Å². The van der Waals surface area contributed by atoms with Gasteiger partial charge in [0.15, 0.2) is 0 Å². The van der Waals surface area contributed by atoms with E-state index < -0.39 is 0 Å². The van der Waals surface area contributed by atoms with Crippen LogP contribution < -0.4 is 4.74 Å². The molecule has 0 atom stereocenters. The quantitative estimate of drug-likeness (QED) is 0.177. The van der Waals surface area contributed by atoms with Gasteiger partial charge in [-0.3, -0.25) is 8.80 Å². The van der Waals surface area contributed by atoms with E-state index in [1.165, 1.54) is 55.3 Å². The summed E-state index contributed by atoms with van der Waals surface area (Å²) in [6, 6.07) is 39.3. The van der Waals surface area contributed by atoms with Gasteiger partial charge >= 0.3 is 0 Å². The van der Waals surface area contributed by atoms with Crippen molar-refractivity contribution in [1.82, 2.24) is 18.8 Å². The molecule has 0 aliphatic carbocycles. The molecular weight excluding hydrogens is 625 g/mol. The number of fused-ring (bicyclic) bond motifs is 12. The van der Waals surface area contributed by atoms with Crippen LogP contribution >= 0.6 is 0 Å². The van der Waals surface area contributed by atoms with Crippen molar-refractivity contribution in [3.8, 4) is 33.8 Å². The minimum Gasteiger partial charge on any atom is -0.457 e. The summed E-state index contributed by atoms with van der Waals surface area (Å²) in [5.74, 6) is 1.52. The fourth-order valence-electron chi connectivity index (χ4n) is 8.19. The number of nitrogens with zero attached hydrogens (tertiary/aromatic N) is 4. The Kier molecular flexibility index (Phi) is 6.37. The Hall–Kier alpha value is -6.46. The maximum absolute atomic E-state index is 6.60. The average molecular weight is 659 g/mol. The van der Waals surface area contributed by atoms with Crippen LogP contribution in [-0.4, -0.2) is 18.8 Å². The number of pyridine rings is 2. The van der Waals surface area contributed by atoms with Gasteiger partial charge in [-0.1, -0.05) is 66.2 Å². The first-order valence-electron chi connectivity index (χ1n) is 17.4. The maximum Gasteiger partial charge on any atom is 0.145 e. The van der Waals surface area contributed by atoms with Crippen LogP contribution in [0, 0.1) is 27.7 Å². The molecule has 5 nitrogen and oxygen atoms in total. The second-order valence-electron chi connectivity index (χ2n) is 13.8. The molecule has 10 aromatic rings. The van der Waals surface area contributed by atoms with Gasteiger partial charge in [-0.05, 0) is 126 Å². The normalized spacial score (nSPS) is 11.9. The molecule has 4 heterocycles. The molecule has 10 rings (SSSR count). The molecule has 0 radical (unpaired) electrons. The molecule has 6 aromatic carbocycles. The largest absolute Gasteiger partial charge is 0.457 e. The molecule has 5 heteroatoms. The molecule has 0 unspecified atom stereocenters. The summed E-state index contributed by atoms with van der Waals surface area (Å²) < 4.78 is 11.0. The zero-order valence-electron chi connectivity index (χ0n) is 28.9. The monoisotopic (exact) mass is 658 g/mol. The molecular formula is C46H34N4O. The fourth-order valence-corrected chi connectivity index (χ4v) is 8.19. The van der Waals surface area contributed by atoms with Crippen LogP contribution in [0.2, 0.25) is 0 Å². The molecule has 0 fully saturated rings. The van der Waals surface area contributed by atoms with E-state index in [0.29, 0.717) is 0 Å². The van der Waals surface area contributed by atoms with Crippen LogP contribution in [0.15, 0.2) is 134 Å². The number of aryl methyl sites for hydroxylation is 4. The third kappa shape index (κ3) is 4.55. The van der Waals surface area contributed by atoms with Crippen LogP contribution in [0.4, 0.5) is 0 Å². The predicted molar refractivity (Wildman–Crippen MR) is 210 cm³/mol. The van der Waals surface area contributed by atoms with E-state index in [4.69, 9.17) is 14.7 Å². The number of hydrogen-bond acceptors (Lipinski definition) is 3. The van der Waals surface area contributed by atoms with Crippen molar-refractivity contribution in [3.05, 3.63) is 156 Å². The number of aromatic nitrogens is 4. The molecule has 0 spiro atoms. The predicted octanol–water partition coefficient (Wildman–Crippen LogP) is 12.0. The van der Waals surface area contributed by atoms with Crippen molar-refractivity contribution in [2.24, 2.45) is 0 Å². The summed E-state index contributed by atoms with van der Waals surface area (Å²) in [5, 5.41) is 6.74. The number of rotatable bonds is 4. The third-order valence-corrected chi connectivity index (χ3v) is 10.5. The Morgan fingerprint density at radius 3 is 1.61 bits per heavy atom. The molecule has 0 saturated carbocycles. The van der Waals surface area contributed by atoms with Crippen LogP contribution in [0.1, 0.15) is 22.3 Å². The molecule has 0 bridgehead atoms. The van der Waals surface area contributed by atoms with Crippen molar-refractivity contribution in [2.45, 2.75) is 27.7 Å². The van der Waals surface area contributed by atoms with E-state index in [1.807, 2.05) is 24.8 Å². The smallest absolute Gasteiger partial charge is 0.145 e. The van der Waals surface area contributed by atoms with E-state index in [0.717, 1.165) is 55.4 Å². The van der Waals surface area contributed by atoms with Crippen molar-refractivity contribution in [3.63, 3.8) is 0 Å². The highest BCUT2D eigenvalue weighted by molar-refractivity contribution is 6.14. The SMILES string of the molecule is Cc1ccc(-c2ccc3c4ccc(Oc5ccc6c7ccc(-c8c(C)cccc8C)cc7n7ccnc7c6c5)cc4c4nccn4c3c2)c(C)c1. The van der Waals surface area contributed by atoms with E-state index in [1.54, 1.807) is 0 Å². The molecule has 0 amide bonds. The lowest BCUT2D eigenvalue weighted by molar-refractivity contribution is 0.484.